The number of hydrogen-bond acceptors (Lipinski definition) is 6. The molecule has 1 amide bonds. The molecule has 8 heteroatoms. The molecule has 0 radical (unpaired) electrons. The molecule has 0 saturated carbocycles. The first kappa shape index (κ1) is 18.2. The number of carbonyl (C=O) groups is 1. The Hall–Kier alpha value is -1.64. The van der Waals surface area contributed by atoms with Crippen molar-refractivity contribution < 1.29 is 18.5 Å². The van der Waals surface area contributed by atoms with E-state index in [4.69, 9.17) is 13.7 Å². The number of rotatable bonds is 3. The van der Waals surface area contributed by atoms with E-state index in [-0.39, 0.29) is 5.91 Å². The molecule has 1 saturated heterocycles. The quantitative estimate of drug-likeness (QED) is 0.648. The number of anilines is 1. The summed E-state index contributed by atoms with van der Waals surface area (Å²) in [4.78, 5) is 12.1. The van der Waals surface area contributed by atoms with E-state index in [0.717, 1.165) is 11.2 Å². The third kappa shape index (κ3) is 2.92. The van der Waals surface area contributed by atoms with Crippen molar-refractivity contribution >= 4 is 48.0 Å². The molecule has 0 aliphatic carbocycles. The van der Waals surface area contributed by atoms with Crippen LogP contribution in [0.2, 0.25) is 0 Å². The van der Waals surface area contributed by atoms with Gasteiger partial charge in [-0.2, -0.15) is 0 Å². The molecule has 2 aromatic rings. The highest BCUT2D eigenvalue weighted by atomic mass is 32.1. The van der Waals surface area contributed by atoms with E-state index in [1.54, 1.807) is 11.4 Å². The second kappa shape index (κ2) is 5.97. The Bertz CT molecular complexity index is 815. The average Bonchev–Trinajstić information content (AvgIpc) is 3.03. The van der Waals surface area contributed by atoms with E-state index in [1.165, 1.54) is 6.26 Å². The molecule has 1 N–H and O–H groups in total. The summed E-state index contributed by atoms with van der Waals surface area (Å²) in [7, 11) is 2.85. The summed E-state index contributed by atoms with van der Waals surface area (Å²) in [5.74, 6) is -0.203. The Kier molecular flexibility index (Phi) is 4.34. The molecule has 25 heavy (non-hydrogen) atoms. The summed E-state index contributed by atoms with van der Waals surface area (Å²) >= 11 is 4.43. The normalized spacial score (nSPS) is 18.6. The van der Waals surface area contributed by atoms with Crippen molar-refractivity contribution in [3.05, 3.63) is 24.0 Å². The van der Waals surface area contributed by atoms with Crippen molar-refractivity contribution in [1.29, 1.82) is 0 Å². The van der Waals surface area contributed by atoms with Gasteiger partial charge < -0.3 is 23.3 Å². The van der Waals surface area contributed by atoms with Gasteiger partial charge in [-0.1, -0.05) is 12.8 Å². The van der Waals surface area contributed by atoms with Crippen LogP contribution in [-0.2, 0) is 9.31 Å². The van der Waals surface area contributed by atoms with Crippen molar-refractivity contribution in [2.45, 2.75) is 38.9 Å². The molecule has 1 aromatic carbocycles. The van der Waals surface area contributed by atoms with E-state index in [2.05, 4.69) is 18.1 Å². The average molecular weight is 362 g/mol. The molecule has 0 unspecified atom stereocenters. The minimum Gasteiger partial charge on any atom is -0.463 e. The first-order valence-corrected chi connectivity index (χ1v) is 8.53. The van der Waals surface area contributed by atoms with Crippen LogP contribution >= 0.6 is 12.8 Å². The topological polar surface area (TPSA) is 63.9 Å². The zero-order chi connectivity index (χ0) is 18.6. The maximum Gasteiger partial charge on any atom is 0.497 e. The summed E-state index contributed by atoms with van der Waals surface area (Å²) in [6.07, 6.45) is 1.46. The number of carbonyl (C=O) groups excluding carboxylic acids is 1. The molecule has 1 aliphatic rings. The summed E-state index contributed by atoms with van der Waals surface area (Å²) in [5, 5.41) is 3.34. The van der Waals surface area contributed by atoms with E-state index in [9.17, 15) is 4.79 Å². The lowest BCUT2D eigenvalue weighted by atomic mass is 9.77. The summed E-state index contributed by atoms with van der Waals surface area (Å²) in [6, 6.07) is 3.72. The predicted molar refractivity (Wildman–Crippen MR) is 103 cm³/mol. The van der Waals surface area contributed by atoms with Gasteiger partial charge in [0.1, 0.15) is 11.8 Å². The highest BCUT2D eigenvalue weighted by Gasteiger charge is 2.52. The number of benzene rings is 1. The van der Waals surface area contributed by atoms with E-state index in [0.29, 0.717) is 16.5 Å². The zero-order valence-corrected chi connectivity index (χ0v) is 16.2. The van der Waals surface area contributed by atoms with E-state index < -0.39 is 18.3 Å². The van der Waals surface area contributed by atoms with Crippen LogP contribution < -0.4 is 15.1 Å². The van der Waals surface area contributed by atoms with Crippen LogP contribution in [0.1, 0.15) is 38.1 Å². The van der Waals surface area contributed by atoms with E-state index in [1.807, 2.05) is 46.9 Å². The molecule has 0 bridgehead atoms. The fourth-order valence-electron chi connectivity index (χ4n) is 2.83. The van der Waals surface area contributed by atoms with Crippen molar-refractivity contribution in [2.75, 3.05) is 18.4 Å². The molecule has 1 aliphatic heterocycles. The van der Waals surface area contributed by atoms with Gasteiger partial charge in [0.15, 0.2) is 0 Å². The third-order valence-electron chi connectivity index (χ3n) is 5.05. The summed E-state index contributed by atoms with van der Waals surface area (Å²) in [5.41, 5.74) is 1.76. The minimum absolute atomic E-state index is 0.203. The second-order valence-electron chi connectivity index (χ2n) is 7.25. The highest BCUT2D eigenvalue weighted by Crippen LogP contribution is 2.38. The van der Waals surface area contributed by atoms with Crippen LogP contribution in [0, 0.1) is 0 Å². The number of thiol groups is 1. The van der Waals surface area contributed by atoms with Gasteiger partial charge >= 0.3 is 7.12 Å². The molecular weight excluding hydrogens is 339 g/mol. The standard InChI is InChI=1S/C17H23BN2O4S/c1-16(2)17(3,4)24-18(23-16)12-7-10-11(15(21)19-5)9-22-14(10)8-13(12)20(6)25/h7-9,25H,1-6H3,(H,19,21). The van der Waals surface area contributed by atoms with Crippen LogP contribution in [0.15, 0.2) is 22.8 Å². The van der Waals surface area contributed by atoms with Gasteiger partial charge in [-0.3, -0.25) is 4.79 Å². The number of hydrogen-bond donors (Lipinski definition) is 2. The maximum absolute atomic E-state index is 12.1. The molecule has 1 fully saturated rings. The molecule has 6 nitrogen and oxygen atoms in total. The second-order valence-corrected chi connectivity index (χ2v) is 7.85. The lowest BCUT2D eigenvalue weighted by molar-refractivity contribution is 0.00578. The number of amides is 1. The van der Waals surface area contributed by atoms with Gasteiger partial charge in [-0.15, -0.1) is 0 Å². The maximum atomic E-state index is 12.1. The van der Waals surface area contributed by atoms with Gasteiger partial charge in [0.25, 0.3) is 5.91 Å². The van der Waals surface area contributed by atoms with Gasteiger partial charge in [-0.05, 0) is 33.8 Å². The number of nitrogens with one attached hydrogen (secondary N) is 1. The molecule has 134 valence electrons. The van der Waals surface area contributed by atoms with Crippen molar-refractivity contribution in [3.8, 4) is 0 Å². The largest absolute Gasteiger partial charge is 0.497 e. The molecule has 0 spiro atoms. The van der Waals surface area contributed by atoms with Crippen LogP contribution in [0.4, 0.5) is 5.69 Å². The smallest absolute Gasteiger partial charge is 0.463 e. The molecular formula is C17H23BN2O4S. The minimum atomic E-state index is -0.563. The van der Waals surface area contributed by atoms with Gasteiger partial charge in [0.05, 0.1) is 16.8 Å². The molecule has 2 heterocycles. The molecule has 3 rings (SSSR count). The Morgan fingerprint density at radius 3 is 2.32 bits per heavy atom. The summed E-state index contributed by atoms with van der Waals surface area (Å²) in [6.45, 7) is 8.01. The summed E-state index contributed by atoms with van der Waals surface area (Å²) < 4.78 is 19.6. The van der Waals surface area contributed by atoms with Crippen molar-refractivity contribution in [2.24, 2.45) is 0 Å². The first-order chi connectivity index (χ1) is 11.6. The molecule has 1 aromatic heterocycles. The van der Waals surface area contributed by atoms with Gasteiger partial charge in [-0.25, -0.2) is 0 Å². The SMILES string of the molecule is CNC(=O)c1coc2cc(N(C)S)c(B3OC(C)(C)C(C)(C)O3)cc12. The lowest BCUT2D eigenvalue weighted by Gasteiger charge is -2.32. The van der Waals surface area contributed by atoms with Gasteiger partial charge in [0.2, 0.25) is 0 Å². The fourth-order valence-corrected chi connectivity index (χ4v) is 3.00. The molecule has 0 atom stereocenters. The predicted octanol–water partition coefficient (Wildman–Crippen LogP) is 2.37. The Morgan fingerprint density at radius 2 is 1.80 bits per heavy atom. The lowest BCUT2D eigenvalue weighted by Crippen LogP contribution is -2.41. The van der Waals surface area contributed by atoms with Crippen molar-refractivity contribution in [3.63, 3.8) is 0 Å². The number of fused-ring (bicyclic) bond motifs is 1. The Morgan fingerprint density at radius 1 is 1.20 bits per heavy atom. The van der Waals surface area contributed by atoms with Gasteiger partial charge in [0, 0.05) is 36.7 Å². The number of furan rings is 1. The van der Waals surface area contributed by atoms with Crippen LogP contribution in [0.3, 0.4) is 0 Å². The van der Waals surface area contributed by atoms with Crippen LogP contribution in [0.25, 0.3) is 11.0 Å². The fraction of sp³-hybridized carbons (Fsp3) is 0.471. The highest BCUT2D eigenvalue weighted by molar-refractivity contribution is 7.81. The zero-order valence-electron chi connectivity index (χ0n) is 15.3. The third-order valence-corrected chi connectivity index (χ3v) is 5.27. The Balaban J connectivity index is 2.16. The van der Waals surface area contributed by atoms with E-state index >= 15 is 0 Å². The van der Waals surface area contributed by atoms with Crippen LogP contribution in [-0.4, -0.2) is 38.3 Å². The monoisotopic (exact) mass is 362 g/mol. The Labute approximate surface area is 153 Å². The first-order valence-electron chi connectivity index (χ1n) is 8.13. The number of nitrogens with zero attached hydrogens (tertiary/aromatic N) is 1. The van der Waals surface area contributed by atoms with Crippen LogP contribution in [0.5, 0.6) is 0 Å². The van der Waals surface area contributed by atoms with Crippen molar-refractivity contribution in [1.82, 2.24) is 5.32 Å².